The molecule has 0 atom stereocenters. The minimum atomic E-state index is -0.693. The van der Waals surface area contributed by atoms with E-state index in [4.69, 9.17) is 16.3 Å². The van der Waals surface area contributed by atoms with Gasteiger partial charge in [0, 0.05) is 13.1 Å². The van der Waals surface area contributed by atoms with Gasteiger partial charge < -0.3 is 9.64 Å². The van der Waals surface area contributed by atoms with Crippen molar-refractivity contribution in [3.63, 3.8) is 0 Å². The van der Waals surface area contributed by atoms with Crippen LogP contribution in [0.15, 0.2) is 18.2 Å². The highest BCUT2D eigenvalue weighted by Crippen LogP contribution is 2.23. The SMILES string of the molecule is CCCCCOC(=O)C1CCN(C(=O)c2cccc(Cl)c2F)CC1. The van der Waals surface area contributed by atoms with Crippen molar-refractivity contribution in [1.29, 1.82) is 0 Å². The van der Waals surface area contributed by atoms with Crippen LogP contribution < -0.4 is 0 Å². The van der Waals surface area contributed by atoms with Gasteiger partial charge in [0.25, 0.3) is 5.91 Å². The largest absolute Gasteiger partial charge is 0.465 e. The number of piperidine rings is 1. The van der Waals surface area contributed by atoms with Crippen LogP contribution >= 0.6 is 11.6 Å². The van der Waals surface area contributed by atoms with Gasteiger partial charge in [-0.1, -0.05) is 37.4 Å². The summed E-state index contributed by atoms with van der Waals surface area (Å²) in [5.41, 5.74) is -0.0249. The molecular formula is C18H23ClFNO3. The Morgan fingerprint density at radius 1 is 1.29 bits per heavy atom. The zero-order chi connectivity index (χ0) is 17.5. The van der Waals surface area contributed by atoms with Crippen LogP contribution in [0, 0.1) is 11.7 Å². The van der Waals surface area contributed by atoms with E-state index in [0.29, 0.717) is 32.5 Å². The fraction of sp³-hybridized carbons (Fsp3) is 0.556. The molecule has 0 aliphatic carbocycles. The predicted octanol–water partition coefficient (Wildman–Crippen LogP) is 4.06. The summed E-state index contributed by atoms with van der Waals surface area (Å²) in [5, 5.41) is -0.0635. The number of carbonyl (C=O) groups is 2. The molecule has 0 saturated carbocycles. The van der Waals surface area contributed by atoms with E-state index in [2.05, 4.69) is 6.92 Å². The third kappa shape index (κ3) is 4.69. The number of ether oxygens (including phenoxy) is 1. The maximum absolute atomic E-state index is 14.0. The van der Waals surface area contributed by atoms with Crippen molar-refractivity contribution < 1.29 is 18.7 Å². The van der Waals surface area contributed by atoms with E-state index in [1.54, 1.807) is 11.0 Å². The van der Waals surface area contributed by atoms with Crippen molar-refractivity contribution in [2.45, 2.75) is 39.0 Å². The second kappa shape index (κ2) is 9.02. The van der Waals surface area contributed by atoms with E-state index in [-0.39, 0.29) is 28.4 Å². The average Bonchev–Trinajstić information content (AvgIpc) is 2.60. The first-order valence-corrected chi connectivity index (χ1v) is 8.82. The summed E-state index contributed by atoms with van der Waals surface area (Å²) in [6.07, 6.45) is 4.10. The Bertz CT molecular complexity index is 586. The predicted molar refractivity (Wildman–Crippen MR) is 90.5 cm³/mol. The number of halogens is 2. The molecule has 1 aliphatic heterocycles. The number of esters is 1. The first-order valence-electron chi connectivity index (χ1n) is 8.44. The highest BCUT2D eigenvalue weighted by molar-refractivity contribution is 6.31. The Morgan fingerprint density at radius 3 is 2.67 bits per heavy atom. The van der Waals surface area contributed by atoms with Gasteiger partial charge in [-0.2, -0.15) is 0 Å². The van der Waals surface area contributed by atoms with Crippen LogP contribution in [0.5, 0.6) is 0 Å². The molecule has 0 N–H and O–H groups in total. The van der Waals surface area contributed by atoms with Gasteiger partial charge in [0.1, 0.15) is 0 Å². The zero-order valence-electron chi connectivity index (χ0n) is 13.9. The molecule has 1 aromatic rings. The zero-order valence-corrected chi connectivity index (χ0v) is 14.7. The van der Waals surface area contributed by atoms with Gasteiger partial charge >= 0.3 is 5.97 Å². The number of hydrogen-bond acceptors (Lipinski definition) is 3. The number of nitrogens with zero attached hydrogens (tertiary/aromatic N) is 1. The van der Waals surface area contributed by atoms with E-state index in [1.165, 1.54) is 12.1 Å². The molecule has 1 saturated heterocycles. The molecule has 132 valence electrons. The highest BCUT2D eigenvalue weighted by atomic mass is 35.5. The second-order valence-corrected chi connectivity index (χ2v) is 6.45. The third-order valence-electron chi connectivity index (χ3n) is 4.29. The van der Waals surface area contributed by atoms with E-state index in [9.17, 15) is 14.0 Å². The molecule has 2 rings (SSSR count). The van der Waals surface area contributed by atoms with E-state index in [1.807, 2.05) is 0 Å². The van der Waals surface area contributed by atoms with Crippen LogP contribution in [-0.4, -0.2) is 36.5 Å². The molecule has 0 spiro atoms. The van der Waals surface area contributed by atoms with Gasteiger partial charge in [-0.3, -0.25) is 9.59 Å². The normalized spacial score (nSPS) is 15.4. The van der Waals surface area contributed by atoms with Crippen molar-refractivity contribution in [3.8, 4) is 0 Å². The molecule has 0 bridgehead atoms. The van der Waals surface area contributed by atoms with Crippen LogP contribution in [0.25, 0.3) is 0 Å². The fourth-order valence-corrected chi connectivity index (χ4v) is 2.97. The van der Waals surface area contributed by atoms with E-state index < -0.39 is 5.82 Å². The van der Waals surface area contributed by atoms with Gasteiger partial charge in [0.2, 0.25) is 0 Å². The number of rotatable bonds is 6. The Kier molecular flexibility index (Phi) is 7.03. The van der Waals surface area contributed by atoms with Crippen LogP contribution in [0.2, 0.25) is 5.02 Å². The molecule has 0 unspecified atom stereocenters. The van der Waals surface area contributed by atoms with Crippen molar-refractivity contribution >= 4 is 23.5 Å². The lowest BCUT2D eigenvalue weighted by atomic mass is 9.96. The third-order valence-corrected chi connectivity index (χ3v) is 4.58. The Labute approximate surface area is 146 Å². The van der Waals surface area contributed by atoms with Crippen LogP contribution in [0.4, 0.5) is 4.39 Å². The number of benzene rings is 1. The van der Waals surface area contributed by atoms with Crippen LogP contribution in [0.1, 0.15) is 49.4 Å². The summed E-state index contributed by atoms with van der Waals surface area (Å²) >= 11 is 5.73. The first-order chi connectivity index (χ1) is 11.5. The van der Waals surface area contributed by atoms with Crippen molar-refractivity contribution in [3.05, 3.63) is 34.6 Å². The minimum absolute atomic E-state index is 0.0249. The molecule has 0 aromatic heterocycles. The second-order valence-electron chi connectivity index (χ2n) is 6.04. The summed E-state index contributed by atoms with van der Waals surface area (Å²) in [6.45, 7) is 3.38. The van der Waals surface area contributed by atoms with Crippen LogP contribution in [-0.2, 0) is 9.53 Å². The molecule has 1 aromatic carbocycles. The van der Waals surface area contributed by atoms with E-state index >= 15 is 0 Å². The van der Waals surface area contributed by atoms with Crippen LogP contribution in [0.3, 0.4) is 0 Å². The molecule has 1 heterocycles. The molecular weight excluding hydrogens is 333 g/mol. The maximum Gasteiger partial charge on any atom is 0.309 e. The Hall–Kier alpha value is -1.62. The monoisotopic (exact) mass is 355 g/mol. The molecule has 1 aliphatic rings. The van der Waals surface area contributed by atoms with Crippen molar-refractivity contribution in [1.82, 2.24) is 4.90 Å². The Morgan fingerprint density at radius 2 is 2.00 bits per heavy atom. The van der Waals surface area contributed by atoms with Gasteiger partial charge in [0.05, 0.1) is 23.1 Å². The van der Waals surface area contributed by atoms with Gasteiger partial charge in [-0.15, -0.1) is 0 Å². The number of unbranched alkanes of at least 4 members (excludes halogenated alkanes) is 2. The van der Waals surface area contributed by atoms with Gasteiger partial charge in [-0.05, 0) is 31.4 Å². The number of amides is 1. The number of likely N-dealkylation sites (tertiary alicyclic amines) is 1. The minimum Gasteiger partial charge on any atom is -0.465 e. The molecule has 1 amide bonds. The molecule has 6 heteroatoms. The van der Waals surface area contributed by atoms with Crippen molar-refractivity contribution in [2.75, 3.05) is 19.7 Å². The van der Waals surface area contributed by atoms with Crippen molar-refractivity contribution in [2.24, 2.45) is 5.92 Å². The lowest BCUT2D eigenvalue weighted by molar-refractivity contribution is -0.150. The first kappa shape index (κ1) is 18.7. The maximum atomic E-state index is 14.0. The average molecular weight is 356 g/mol. The molecule has 24 heavy (non-hydrogen) atoms. The standard InChI is InChI=1S/C18H23ClFNO3/c1-2-3-4-12-24-18(23)13-8-10-21(11-9-13)17(22)14-6-5-7-15(19)16(14)20/h5-7,13H,2-4,8-12H2,1H3. The lowest BCUT2D eigenvalue weighted by Crippen LogP contribution is -2.41. The molecule has 4 nitrogen and oxygen atoms in total. The fourth-order valence-electron chi connectivity index (χ4n) is 2.80. The quantitative estimate of drug-likeness (QED) is 0.571. The number of carbonyl (C=O) groups excluding carboxylic acids is 2. The number of hydrogen-bond donors (Lipinski definition) is 0. The summed E-state index contributed by atoms with van der Waals surface area (Å²) in [7, 11) is 0. The summed E-state index contributed by atoms with van der Waals surface area (Å²) < 4.78 is 19.2. The molecule has 1 fully saturated rings. The highest BCUT2D eigenvalue weighted by Gasteiger charge is 2.29. The van der Waals surface area contributed by atoms with Gasteiger partial charge in [-0.25, -0.2) is 4.39 Å². The Balaban J connectivity index is 1.85. The summed E-state index contributed by atoms with van der Waals surface area (Å²) in [4.78, 5) is 26.0. The lowest BCUT2D eigenvalue weighted by Gasteiger charge is -2.31. The molecule has 0 radical (unpaired) electrons. The topological polar surface area (TPSA) is 46.6 Å². The van der Waals surface area contributed by atoms with E-state index in [0.717, 1.165) is 19.3 Å². The summed E-state index contributed by atoms with van der Waals surface area (Å²) in [5.74, 6) is -1.45. The van der Waals surface area contributed by atoms with Gasteiger partial charge in [0.15, 0.2) is 5.82 Å². The summed E-state index contributed by atoms with van der Waals surface area (Å²) in [6, 6.07) is 4.39. The smallest absolute Gasteiger partial charge is 0.309 e.